The second-order valence-electron chi connectivity index (χ2n) is 7.28. The summed E-state index contributed by atoms with van der Waals surface area (Å²) in [7, 11) is 0. The summed E-state index contributed by atoms with van der Waals surface area (Å²) in [4.78, 5) is 27.2. The molecule has 3 aromatic rings. The van der Waals surface area contributed by atoms with Crippen LogP contribution in [0.25, 0.3) is 5.69 Å². The molecule has 0 aliphatic carbocycles. The maximum absolute atomic E-state index is 13.5. The summed E-state index contributed by atoms with van der Waals surface area (Å²) in [5, 5.41) is 4.20. The van der Waals surface area contributed by atoms with Crippen LogP contribution in [0.5, 0.6) is 0 Å². The van der Waals surface area contributed by atoms with Crippen LogP contribution >= 0.6 is 0 Å². The molecule has 0 saturated carbocycles. The SMILES string of the molecule is CCN(Cc1cccc(F)c1)C(=O)C(=O)c1c(C)nn(-c2cccc(C(F)(F)F)c2)c1C. The molecule has 0 atom stereocenters. The number of Topliss-reactive ketones (excluding diaryl/α,β-unsaturated/α-hetero) is 1. The molecule has 0 aliphatic heterocycles. The van der Waals surface area contributed by atoms with Gasteiger partial charge in [-0.15, -0.1) is 0 Å². The monoisotopic (exact) mass is 447 g/mol. The topological polar surface area (TPSA) is 55.2 Å². The Morgan fingerprint density at radius 2 is 1.75 bits per heavy atom. The molecule has 2 aromatic carbocycles. The fraction of sp³-hybridized carbons (Fsp3) is 0.261. The van der Waals surface area contributed by atoms with E-state index >= 15 is 0 Å². The average molecular weight is 447 g/mol. The molecule has 1 heterocycles. The number of likely N-dealkylation sites (N-methyl/N-ethyl adjacent to an activating group) is 1. The van der Waals surface area contributed by atoms with Crippen LogP contribution in [0, 0.1) is 19.7 Å². The lowest BCUT2D eigenvalue weighted by molar-refractivity contribution is -0.137. The normalized spacial score (nSPS) is 11.5. The molecule has 0 radical (unpaired) electrons. The van der Waals surface area contributed by atoms with Gasteiger partial charge in [-0.3, -0.25) is 9.59 Å². The van der Waals surface area contributed by atoms with Crippen molar-refractivity contribution in [3.05, 3.63) is 82.4 Å². The fourth-order valence-corrected chi connectivity index (χ4v) is 3.47. The number of alkyl halides is 3. The van der Waals surface area contributed by atoms with Gasteiger partial charge in [0.25, 0.3) is 11.7 Å². The molecule has 3 rings (SSSR count). The summed E-state index contributed by atoms with van der Waals surface area (Å²) in [6.07, 6.45) is -4.53. The molecule has 32 heavy (non-hydrogen) atoms. The highest BCUT2D eigenvalue weighted by atomic mass is 19.4. The molecule has 5 nitrogen and oxygen atoms in total. The number of amides is 1. The third kappa shape index (κ3) is 4.71. The van der Waals surface area contributed by atoms with Crippen LogP contribution in [0.4, 0.5) is 17.6 Å². The van der Waals surface area contributed by atoms with Gasteiger partial charge in [0.05, 0.1) is 28.2 Å². The molecule has 0 unspecified atom stereocenters. The van der Waals surface area contributed by atoms with E-state index in [9.17, 15) is 27.2 Å². The van der Waals surface area contributed by atoms with Gasteiger partial charge in [0.15, 0.2) is 0 Å². The lowest BCUT2D eigenvalue weighted by Crippen LogP contribution is -2.36. The van der Waals surface area contributed by atoms with Gasteiger partial charge >= 0.3 is 6.18 Å². The first kappa shape index (κ1) is 23.2. The third-order valence-electron chi connectivity index (χ3n) is 5.06. The van der Waals surface area contributed by atoms with E-state index in [2.05, 4.69) is 5.10 Å². The molecule has 9 heteroatoms. The Labute approximate surface area is 182 Å². The molecule has 0 aliphatic rings. The van der Waals surface area contributed by atoms with E-state index in [0.29, 0.717) is 5.56 Å². The van der Waals surface area contributed by atoms with Crippen molar-refractivity contribution < 1.29 is 27.2 Å². The van der Waals surface area contributed by atoms with Gasteiger partial charge in [0.1, 0.15) is 5.82 Å². The number of ketones is 1. The molecule has 0 bridgehead atoms. The van der Waals surface area contributed by atoms with Gasteiger partial charge in [-0.2, -0.15) is 18.3 Å². The van der Waals surface area contributed by atoms with E-state index < -0.39 is 29.2 Å². The number of aryl methyl sites for hydroxylation is 1. The molecular weight excluding hydrogens is 426 g/mol. The van der Waals surface area contributed by atoms with Crippen LogP contribution in [0.1, 0.15) is 39.8 Å². The minimum Gasteiger partial charge on any atom is -0.332 e. The molecule has 1 aromatic heterocycles. The highest BCUT2D eigenvalue weighted by Gasteiger charge is 2.32. The van der Waals surface area contributed by atoms with Gasteiger partial charge in [0.2, 0.25) is 0 Å². The predicted octanol–water partition coefficient (Wildman–Crippen LogP) is 4.88. The van der Waals surface area contributed by atoms with Crippen LogP contribution in [0.3, 0.4) is 0 Å². The van der Waals surface area contributed by atoms with E-state index in [1.807, 2.05) is 0 Å². The van der Waals surface area contributed by atoms with Crippen LogP contribution in [0.2, 0.25) is 0 Å². The zero-order chi connectivity index (χ0) is 23.6. The van der Waals surface area contributed by atoms with Crippen LogP contribution in [-0.2, 0) is 17.5 Å². The first-order valence-electron chi connectivity index (χ1n) is 9.84. The van der Waals surface area contributed by atoms with E-state index in [1.165, 1.54) is 53.8 Å². The largest absolute Gasteiger partial charge is 0.416 e. The standard InChI is InChI=1S/C23H21F4N3O2/c1-4-29(13-16-7-5-9-18(24)11-16)22(32)21(31)20-14(2)28-30(15(20)3)19-10-6-8-17(12-19)23(25,26)27/h5-12H,4,13H2,1-3H3. The number of rotatable bonds is 6. The predicted molar refractivity (Wildman–Crippen MR) is 110 cm³/mol. The maximum Gasteiger partial charge on any atom is 0.416 e. The second-order valence-corrected chi connectivity index (χ2v) is 7.28. The van der Waals surface area contributed by atoms with Crippen molar-refractivity contribution in [1.29, 1.82) is 0 Å². The fourth-order valence-electron chi connectivity index (χ4n) is 3.47. The zero-order valence-electron chi connectivity index (χ0n) is 17.7. The van der Waals surface area contributed by atoms with Gasteiger partial charge in [-0.25, -0.2) is 9.07 Å². The highest BCUT2D eigenvalue weighted by Crippen LogP contribution is 2.31. The van der Waals surface area contributed by atoms with Crippen molar-refractivity contribution >= 4 is 11.7 Å². The van der Waals surface area contributed by atoms with E-state index in [-0.39, 0.29) is 35.7 Å². The van der Waals surface area contributed by atoms with Crippen LogP contribution < -0.4 is 0 Å². The summed E-state index contributed by atoms with van der Waals surface area (Å²) >= 11 is 0. The number of carbonyl (C=O) groups excluding carboxylic acids is 2. The highest BCUT2D eigenvalue weighted by molar-refractivity contribution is 6.43. The Balaban J connectivity index is 1.92. The summed E-state index contributed by atoms with van der Waals surface area (Å²) in [5.74, 6) is -2.07. The van der Waals surface area contributed by atoms with Crippen LogP contribution in [-0.4, -0.2) is 32.9 Å². The Bertz CT molecular complexity index is 1170. The number of hydrogen-bond donors (Lipinski definition) is 0. The Kier molecular flexibility index (Phi) is 6.47. The second kappa shape index (κ2) is 8.94. The minimum absolute atomic E-state index is 0.0325. The van der Waals surface area contributed by atoms with Crippen molar-refractivity contribution in [3.63, 3.8) is 0 Å². The van der Waals surface area contributed by atoms with Crippen molar-refractivity contribution in [3.8, 4) is 5.69 Å². The number of halogens is 4. The minimum atomic E-state index is -4.53. The smallest absolute Gasteiger partial charge is 0.332 e. The Morgan fingerprint density at radius 1 is 1.06 bits per heavy atom. The Hall–Kier alpha value is -3.49. The van der Waals surface area contributed by atoms with E-state index in [4.69, 9.17) is 0 Å². The first-order valence-corrected chi connectivity index (χ1v) is 9.84. The number of hydrogen-bond acceptors (Lipinski definition) is 3. The van der Waals surface area contributed by atoms with Crippen LogP contribution in [0.15, 0.2) is 48.5 Å². The van der Waals surface area contributed by atoms with E-state index in [0.717, 1.165) is 12.1 Å². The quantitative estimate of drug-likeness (QED) is 0.308. The number of carbonyl (C=O) groups is 2. The van der Waals surface area contributed by atoms with Crippen molar-refractivity contribution in [1.82, 2.24) is 14.7 Å². The summed E-state index contributed by atoms with van der Waals surface area (Å²) < 4.78 is 53.9. The summed E-state index contributed by atoms with van der Waals surface area (Å²) in [6.45, 7) is 4.97. The van der Waals surface area contributed by atoms with Gasteiger partial charge < -0.3 is 4.90 Å². The number of aromatic nitrogens is 2. The number of nitrogens with zero attached hydrogens (tertiary/aromatic N) is 3. The molecule has 0 spiro atoms. The average Bonchev–Trinajstić information content (AvgIpc) is 3.04. The lowest BCUT2D eigenvalue weighted by Gasteiger charge is -2.20. The molecule has 0 saturated heterocycles. The van der Waals surface area contributed by atoms with Gasteiger partial charge in [-0.05, 0) is 56.7 Å². The van der Waals surface area contributed by atoms with Crippen molar-refractivity contribution in [2.24, 2.45) is 0 Å². The molecule has 0 N–H and O–H groups in total. The lowest BCUT2D eigenvalue weighted by atomic mass is 10.1. The zero-order valence-corrected chi connectivity index (χ0v) is 17.7. The first-order chi connectivity index (χ1) is 15.0. The number of benzene rings is 2. The molecule has 168 valence electrons. The van der Waals surface area contributed by atoms with Gasteiger partial charge in [0, 0.05) is 13.1 Å². The Morgan fingerprint density at radius 3 is 2.38 bits per heavy atom. The molecule has 1 amide bonds. The third-order valence-corrected chi connectivity index (χ3v) is 5.06. The van der Waals surface area contributed by atoms with Crippen molar-refractivity contribution in [2.45, 2.75) is 33.5 Å². The molecule has 0 fully saturated rings. The van der Waals surface area contributed by atoms with Crippen molar-refractivity contribution in [2.75, 3.05) is 6.54 Å². The summed E-state index contributed by atoms with van der Waals surface area (Å²) in [5.41, 5.74) is 0.311. The van der Waals surface area contributed by atoms with E-state index in [1.54, 1.807) is 13.0 Å². The molecular formula is C23H21F4N3O2. The van der Waals surface area contributed by atoms with Gasteiger partial charge in [-0.1, -0.05) is 18.2 Å². The summed E-state index contributed by atoms with van der Waals surface area (Å²) in [6, 6.07) is 10.3. The maximum atomic E-state index is 13.5.